The monoisotopic (exact) mass is 209 g/mol. The Hall–Kier alpha value is -0.0400. The lowest BCUT2D eigenvalue weighted by atomic mass is 9.57. The minimum Gasteiger partial charge on any atom is -0.314 e. The van der Waals surface area contributed by atoms with Crippen molar-refractivity contribution in [2.75, 3.05) is 6.54 Å². The maximum Gasteiger partial charge on any atom is 0.00128 e. The third-order valence-corrected chi connectivity index (χ3v) is 4.68. The molecule has 0 aromatic rings. The van der Waals surface area contributed by atoms with Crippen molar-refractivity contribution in [1.82, 2.24) is 5.32 Å². The predicted molar refractivity (Wildman–Crippen MR) is 66.0 cm³/mol. The highest BCUT2D eigenvalue weighted by molar-refractivity contribution is 4.96. The van der Waals surface area contributed by atoms with Gasteiger partial charge in [-0.1, -0.05) is 39.5 Å². The molecule has 1 nitrogen and oxygen atoms in total. The Balaban J connectivity index is 1.88. The van der Waals surface area contributed by atoms with Gasteiger partial charge in [-0.15, -0.1) is 0 Å². The van der Waals surface area contributed by atoms with E-state index in [1.54, 1.807) is 0 Å². The second-order valence-electron chi connectivity index (χ2n) is 6.09. The molecule has 2 aliphatic carbocycles. The molecule has 0 heterocycles. The highest BCUT2D eigenvalue weighted by Crippen LogP contribution is 2.51. The molecule has 2 aliphatic rings. The highest BCUT2D eigenvalue weighted by Gasteiger charge is 2.43. The summed E-state index contributed by atoms with van der Waals surface area (Å²) in [4.78, 5) is 0. The Morgan fingerprint density at radius 2 is 1.73 bits per heavy atom. The summed E-state index contributed by atoms with van der Waals surface area (Å²) in [5.74, 6) is 1.05. The Labute approximate surface area is 95.0 Å². The first kappa shape index (κ1) is 11.4. The van der Waals surface area contributed by atoms with E-state index in [1.165, 1.54) is 57.9 Å². The predicted octanol–water partition coefficient (Wildman–Crippen LogP) is 3.74. The SMILES string of the molecule is CC(C)NCC1(C2CCCCC2)CCC1. The van der Waals surface area contributed by atoms with Crippen LogP contribution in [0.1, 0.15) is 65.2 Å². The Morgan fingerprint density at radius 3 is 2.20 bits per heavy atom. The van der Waals surface area contributed by atoms with E-state index in [0.29, 0.717) is 11.5 Å². The Kier molecular flexibility index (Phi) is 3.71. The second-order valence-corrected chi connectivity index (χ2v) is 6.09. The van der Waals surface area contributed by atoms with Gasteiger partial charge in [0, 0.05) is 12.6 Å². The van der Waals surface area contributed by atoms with Gasteiger partial charge in [0.2, 0.25) is 0 Å². The number of hydrogen-bond donors (Lipinski definition) is 1. The molecule has 0 aromatic heterocycles. The standard InChI is InChI=1S/C14H27N/c1-12(2)15-11-14(9-6-10-14)13-7-4-3-5-8-13/h12-13,15H,3-11H2,1-2H3. The zero-order chi connectivity index (χ0) is 10.7. The molecule has 88 valence electrons. The molecule has 0 amide bonds. The summed E-state index contributed by atoms with van der Waals surface area (Å²) in [6.07, 6.45) is 12.0. The number of nitrogens with one attached hydrogen (secondary N) is 1. The van der Waals surface area contributed by atoms with Crippen molar-refractivity contribution in [2.45, 2.75) is 71.3 Å². The summed E-state index contributed by atoms with van der Waals surface area (Å²) in [5.41, 5.74) is 0.713. The average molecular weight is 209 g/mol. The lowest BCUT2D eigenvalue weighted by molar-refractivity contribution is 0.0244. The zero-order valence-corrected chi connectivity index (χ0v) is 10.5. The molecule has 0 radical (unpaired) electrons. The van der Waals surface area contributed by atoms with Crippen LogP contribution in [0, 0.1) is 11.3 Å². The fraction of sp³-hybridized carbons (Fsp3) is 1.00. The van der Waals surface area contributed by atoms with E-state index < -0.39 is 0 Å². The number of rotatable bonds is 4. The van der Waals surface area contributed by atoms with Crippen LogP contribution in [0.2, 0.25) is 0 Å². The van der Waals surface area contributed by atoms with Crippen LogP contribution in [0.25, 0.3) is 0 Å². The van der Waals surface area contributed by atoms with Crippen molar-refractivity contribution in [3.8, 4) is 0 Å². The van der Waals surface area contributed by atoms with Crippen molar-refractivity contribution in [3.05, 3.63) is 0 Å². The zero-order valence-electron chi connectivity index (χ0n) is 10.5. The van der Waals surface area contributed by atoms with E-state index in [-0.39, 0.29) is 0 Å². The summed E-state index contributed by atoms with van der Waals surface area (Å²) in [6, 6.07) is 0.658. The third-order valence-electron chi connectivity index (χ3n) is 4.68. The molecule has 0 aromatic carbocycles. The van der Waals surface area contributed by atoms with E-state index in [1.807, 2.05) is 0 Å². The molecule has 2 fully saturated rings. The molecule has 0 spiro atoms. The van der Waals surface area contributed by atoms with Crippen LogP contribution in [0.3, 0.4) is 0 Å². The average Bonchev–Trinajstić information content (AvgIpc) is 2.17. The topological polar surface area (TPSA) is 12.0 Å². The maximum absolute atomic E-state index is 3.69. The quantitative estimate of drug-likeness (QED) is 0.744. The fourth-order valence-electron chi connectivity index (χ4n) is 3.48. The molecule has 0 unspecified atom stereocenters. The molecule has 0 saturated heterocycles. The molecule has 2 saturated carbocycles. The largest absolute Gasteiger partial charge is 0.314 e. The molecule has 0 atom stereocenters. The minimum atomic E-state index is 0.658. The van der Waals surface area contributed by atoms with Crippen LogP contribution < -0.4 is 5.32 Å². The molecule has 0 aliphatic heterocycles. The summed E-state index contributed by atoms with van der Waals surface area (Å²) < 4.78 is 0. The van der Waals surface area contributed by atoms with E-state index in [9.17, 15) is 0 Å². The molecule has 1 N–H and O–H groups in total. The summed E-state index contributed by atoms with van der Waals surface area (Å²) in [5, 5.41) is 3.69. The van der Waals surface area contributed by atoms with Gasteiger partial charge in [-0.2, -0.15) is 0 Å². The minimum absolute atomic E-state index is 0.658. The Bertz CT molecular complexity index is 188. The van der Waals surface area contributed by atoms with E-state index in [0.717, 1.165) is 5.92 Å². The van der Waals surface area contributed by atoms with Gasteiger partial charge in [-0.3, -0.25) is 0 Å². The highest BCUT2D eigenvalue weighted by atomic mass is 14.9. The van der Waals surface area contributed by atoms with Crippen LogP contribution in [-0.2, 0) is 0 Å². The molecule has 2 rings (SSSR count). The smallest absolute Gasteiger partial charge is 0.00128 e. The summed E-state index contributed by atoms with van der Waals surface area (Å²) in [7, 11) is 0. The molecule has 0 bridgehead atoms. The molecule has 1 heteroatoms. The maximum atomic E-state index is 3.69. The van der Waals surface area contributed by atoms with Crippen molar-refractivity contribution < 1.29 is 0 Å². The van der Waals surface area contributed by atoms with E-state index in [2.05, 4.69) is 19.2 Å². The third kappa shape index (κ3) is 2.55. The first-order valence-corrected chi connectivity index (χ1v) is 6.96. The van der Waals surface area contributed by atoms with Gasteiger partial charge in [0.05, 0.1) is 0 Å². The molecular formula is C14H27N. The van der Waals surface area contributed by atoms with Crippen molar-refractivity contribution >= 4 is 0 Å². The van der Waals surface area contributed by atoms with Gasteiger partial charge < -0.3 is 5.32 Å². The lowest BCUT2D eigenvalue weighted by Gasteiger charge is -2.50. The van der Waals surface area contributed by atoms with Crippen LogP contribution >= 0.6 is 0 Å². The number of hydrogen-bond acceptors (Lipinski definition) is 1. The van der Waals surface area contributed by atoms with Gasteiger partial charge in [0.15, 0.2) is 0 Å². The van der Waals surface area contributed by atoms with Gasteiger partial charge in [0.25, 0.3) is 0 Å². The van der Waals surface area contributed by atoms with Crippen molar-refractivity contribution in [3.63, 3.8) is 0 Å². The summed E-state index contributed by atoms with van der Waals surface area (Å²) >= 11 is 0. The van der Waals surface area contributed by atoms with Gasteiger partial charge in [0.1, 0.15) is 0 Å². The first-order valence-electron chi connectivity index (χ1n) is 6.96. The van der Waals surface area contributed by atoms with Crippen molar-refractivity contribution in [2.24, 2.45) is 11.3 Å². The van der Waals surface area contributed by atoms with Crippen LogP contribution in [0.5, 0.6) is 0 Å². The first-order chi connectivity index (χ1) is 7.23. The Morgan fingerprint density at radius 1 is 1.07 bits per heavy atom. The van der Waals surface area contributed by atoms with Gasteiger partial charge >= 0.3 is 0 Å². The van der Waals surface area contributed by atoms with Crippen LogP contribution in [-0.4, -0.2) is 12.6 Å². The fourth-order valence-corrected chi connectivity index (χ4v) is 3.48. The lowest BCUT2D eigenvalue weighted by Crippen LogP contribution is -2.47. The van der Waals surface area contributed by atoms with E-state index in [4.69, 9.17) is 0 Å². The van der Waals surface area contributed by atoms with Gasteiger partial charge in [-0.25, -0.2) is 0 Å². The van der Waals surface area contributed by atoms with Crippen molar-refractivity contribution in [1.29, 1.82) is 0 Å². The summed E-state index contributed by atoms with van der Waals surface area (Å²) in [6.45, 7) is 5.83. The van der Waals surface area contributed by atoms with E-state index >= 15 is 0 Å². The van der Waals surface area contributed by atoms with Crippen LogP contribution in [0.15, 0.2) is 0 Å². The molecular weight excluding hydrogens is 182 g/mol. The van der Waals surface area contributed by atoms with Crippen LogP contribution in [0.4, 0.5) is 0 Å². The normalized spacial score (nSPS) is 26.6. The second kappa shape index (κ2) is 4.86. The van der Waals surface area contributed by atoms with Gasteiger partial charge in [-0.05, 0) is 37.0 Å². The molecule has 15 heavy (non-hydrogen) atoms.